The second-order valence-electron chi connectivity index (χ2n) is 9.96. The fraction of sp³-hybridized carbons (Fsp3) is 0.600. The van der Waals surface area contributed by atoms with Gasteiger partial charge in [0.1, 0.15) is 11.5 Å². The third kappa shape index (κ3) is 7.03. The normalized spacial score (nSPS) is 13.5. The van der Waals surface area contributed by atoms with Gasteiger partial charge in [0.15, 0.2) is 0 Å². The average Bonchev–Trinajstić information content (AvgIpc) is 3.03. The van der Waals surface area contributed by atoms with E-state index in [1.807, 2.05) is 26.0 Å². The number of hydrogen-bond donors (Lipinski definition) is 0. The van der Waals surface area contributed by atoms with Gasteiger partial charge in [-0.1, -0.05) is 78.1 Å². The number of fused-ring (bicyclic) bond motifs is 3. The van der Waals surface area contributed by atoms with Gasteiger partial charge in [0.05, 0.1) is 23.0 Å². The Hall–Kier alpha value is -2.01. The lowest BCUT2D eigenvalue weighted by molar-refractivity contribution is 0.302. The number of aryl methyl sites for hydroxylation is 2. The Labute approximate surface area is 213 Å². The molecule has 194 valence electrons. The van der Waals surface area contributed by atoms with Gasteiger partial charge in [-0.25, -0.2) is 8.42 Å². The monoisotopic (exact) mass is 500 g/mol. The molecule has 3 rings (SSSR count). The highest BCUT2D eigenvalue weighted by molar-refractivity contribution is 7.92. The van der Waals surface area contributed by atoms with Crippen LogP contribution in [0.15, 0.2) is 34.1 Å². The van der Waals surface area contributed by atoms with E-state index in [1.54, 1.807) is 12.1 Å². The summed E-state index contributed by atoms with van der Waals surface area (Å²) in [5, 5.41) is 0. The van der Waals surface area contributed by atoms with Crippen LogP contribution < -0.4 is 9.47 Å². The van der Waals surface area contributed by atoms with Crippen molar-refractivity contribution in [2.75, 3.05) is 13.2 Å². The van der Waals surface area contributed by atoms with E-state index in [1.165, 1.54) is 64.2 Å². The second-order valence-corrected chi connectivity index (χ2v) is 11.9. The summed E-state index contributed by atoms with van der Waals surface area (Å²) in [4.78, 5) is 0.758. The van der Waals surface area contributed by atoms with Crippen molar-refractivity contribution in [3.8, 4) is 22.6 Å². The molecule has 1 aliphatic heterocycles. The topological polar surface area (TPSA) is 52.6 Å². The quantitative estimate of drug-likeness (QED) is 0.185. The fourth-order valence-corrected chi connectivity index (χ4v) is 6.56. The molecule has 2 aromatic carbocycles. The van der Waals surface area contributed by atoms with Crippen LogP contribution in [0.1, 0.15) is 102 Å². The van der Waals surface area contributed by atoms with E-state index in [9.17, 15) is 8.42 Å². The summed E-state index contributed by atoms with van der Waals surface area (Å²) in [6.07, 6.45) is 14.5. The van der Waals surface area contributed by atoms with Crippen molar-refractivity contribution in [1.82, 2.24) is 0 Å². The number of rotatable bonds is 16. The van der Waals surface area contributed by atoms with Crippen molar-refractivity contribution in [3.63, 3.8) is 0 Å². The average molecular weight is 501 g/mol. The number of unbranched alkanes of at least 4 members (excludes halogenated alkanes) is 10. The van der Waals surface area contributed by atoms with Gasteiger partial charge in [0.2, 0.25) is 9.84 Å². The zero-order chi connectivity index (χ0) is 25.3. The second kappa shape index (κ2) is 13.3. The SMILES string of the molecule is CCCCCCCCOc1cc2c(cc1C)S(=O)(=O)c1cc(C)c(OCCCCCCCC)cc1-2. The van der Waals surface area contributed by atoms with Gasteiger partial charge in [-0.2, -0.15) is 0 Å². The summed E-state index contributed by atoms with van der Waals surface area (Å²) in [7, 11) is -3.53. The predicted octanol–water partition coefficient (Wildman–Crippen LogP) is 8.60. The Morgan fingerprint density at radius 1 is 0.571 bits per heavy atom. The van der Waals surface area contributed by atoms with Crippen molar-refractivity contribution in [3.05, 3.63) is 35.4 Å². The molecule has 0 aliphatic carbocycles. The Balaban J connectivity index is 1.70. The van der Waals surface area contributed by atoms with Crippen LogP contribution in [-0.4, -0.2) is 21.6 Å². The maximum atomic E-state index is 13.3. The smallest absolute Gasteiger partial charge is 0.207 e. The van der Waals surface area contributed by atoms with Crippen LogP contribution in [0.3, 0.4) is 0 Å². The maximum Gasteiger partial charge on any atom is 0.207 e. The summed E-state index contributed by atoms with van der Waals surface area (Å²) in [5.41, 5.74) is 3.19. The molecular formula is C30H44O4S. The molecule has 5 heteroatoms. The van der Waals surface area contributed by atoms with Gasteiger partial charge < -0.3 is 9.47 Å². The molecule has 4 nitrogen and oxygen atoms in total. The van der Waals surface area contributed by atoms with Crippen LogP contribution in [0.2, 0.25) is 0 Å². The number of hydrogen-bond acceptors (Lipinski definition) is 4. The van der Waals surface area contributed by atoms with E-state index in [0.29, 0.717) is 23.0 Å². The van der Waals surface area contributed by atoms with Gasteiger partial charge in [0.25, 0.3) is 0 Å². The molecule has 0 atom stereocenters. The molecule has 0 N–H and O–H groups in total. The van der Waals surface area contributed by atoms with E-state index in [0.717, 1.165) is 46.6 Å². The minimum Gasteiger partial charge on any atom is -0.493 e. The number of sulfone groups is 1. The van der Waals surface area contributed by atoms with E-state index in [4.69, 9.17) is 9.47 Å². The zero-order valence-corrected chi connectivity index (χ0v) is 23.1. The lowest BCUT2D eigenvalue weighted by Gasteiger charge is -2.13. The van der Waals surface area contributed by atoms with Crippen molar-refractivity contribution in [2.24, 2.45) is 0 Å². The van der Waals surface area contributed by atoms with Gasteiger partial charge in [-0.15, -0.1) is 0 Å². The molecule has 0 spiro atoms. The van der Waals surface area contributed by atoms with Crippen LogP contribution in [0.4, 0.5) is 0 Å². The lowest BCUT2D eigenvalue weighted by Crippen LogP contribution is -2.02. The van der Waals surface area contributed by atoms with Crippen LogP contribution in [0, 0.1) is 13.8 Å². The Bertz CT molecular complexity index is 993. The van der Waals surface area contributed by atoms with E-state index < -0.39 is 9.84 Å². The third-order valence-electron chi connectivity index (χ3n) is 6.93. The minimum absolute atomic E-state index is 0.379. The molecular weight excluding hydrogens is 456 g/mol. The zero-order valence-electron chi connectivity index (χ0n) is 22.3. The van der Waals surface area contributed by atoms with Crippen LogP contribution in [0.5, 0.6) is 11.5 Å². The van der Waals surface area contributed by atoms with E-state index >= 15 is 0 Å². The molecule has 1 heterocycles. The predicted molar refractivity (Wildman–Crippen MR) is 145 cm³/mol. The highest BCUT2D eigenvalue weighted by Crippen LogP contribution is 2.47. The van der Waals surface area contributed by atoms with Gasteiger partial charge in [0, 0.05) is 11.1 Å². The van der Waals surface area contributed by atoms with Crippen molar-refractivity contribution in [1.29, 1.82) is 0 Å². The van der Waals surface area contributed by atoms with E-state index in [-0.39, 0.29) is 0 Å². The standard InChI is InChI=1S/C30H44O4S/c1-5-7-9-11-13-15-17-33-27-21-25-26-22-28(34-18-16-14-12-10-8-6-2)24(4)20-30(26)35(31,32)29(25)19-23(27)3/h19-22H,5-18H2,1-4H3. The Morgan fingerprint density at radius 3 is 1.34 bits per heavy atom. The fourth-order valence-electron chi connectivity index (χ4n) is 4.75. The largest absolute Gasteiger partial charge is 0.493 e. The van der Waals surface area contributed by atoms with Gasteiger partial charge in [-0.05, 0) is 62.1 Å². The van der Waals surface area contributed by atoms with Gasteiger partial charge in [-0.3, -0.25) is 0 Å². The van der Waals surface area contributed by atoms with Crippen molar-refractivity contribution in [2.45, 2.75) is 115 Å². The van der Waals surface area contributed by atoms with E-state index in [2.05, 4.69) is 13.8 Å². The first kappa shape index (κ1) is 27.6. The first-order valence-electron chi connectivity index (χ1n) is 13.7. The molecule has 0 fully saturated rings. The number of benzene rings is 2. The molecule has 35 heavy (non-hydrogen) atoms. The number of ether oxygens (including phenoxy) is 2. The molecule has 1 aliphatic rings. The summed E-state index contributed by atoms with van der Waals surface area (Å²) in [6, 6.07) is 7.37. The van der Waals surface area contributed by atoms with Gasteiger partial charge >= 0.3 is 0 Å². The first-order chi connectivity index (χ1) is 16.9. The lowest BCUT2D eigenvalue weighted by atomic mass is 10.0. The molecule has 0 saturated carbocycles. The summed E-state index contributed by atoms with van der Waals surface area (Å²) in [6.45, 7) is 9.62. The van der Waals surface area contributed by atoms with Crippen LogP contribution in [0.25, 0.3) is 11.1 Å². The molecule has 0 radical (unpaired) electrons. The minimum atomic E-state index is -3.53. The summed E-state index contributed by atoms with van der Waals surface area (Å²) < 4.78 is 38.8. The first-order valence-corrected chi connectivity index (χ1v) is 15.2. The molecule has 0 aromatic heterocycles. The van der Waals surface area contributed by atoms with Crippen LogP contribution in [-0.2, 0) is 9.84 Å². The Kier molecular flexibility index (Phi) is 10.5. The highest BCUT2D eigenvalue weighted by atomic mass is 32.2. The molecule has 0 unspecified atom stereocenters. The van der Waals surface area contributed by atoms with Crippen molar-refractivity contribution >= 4 is 9.84 Å². The maximum absolute atomic E-state index is 13.3. The Morgan fingerprint density at radius 2 is 0.943 bits per heavy atom. The molecule has 2 aromatic rings. The highest BCUT2D eigenvalue weighted by Gasteiger charge is 2.35. The summed E-state index contributed by atoms with van der Waals surface area (Å²) >= 11 is 0. The third-order valence-corrected chi connectivity index (χ3v) is 8.77. The summed E-state index contributed by atoms with van der Waals surface area (Å²) in [5.74, 6) is 1.55. The van der Waals surface area contributed by atoms with Crippen molar-refractivity contribution < 1.29 is 17.9 Å². The molecule has 0 bridgehead atoms. The molecule has 0 saturated heterocycles. The molecule has 0 amide bonds. The van der Waals surface area contributed by atoms with Crippen LogP contribution >= 0.6 is 0 Å².